The minimum atomic E-state index is -0.0787. The summed E-state index contributed by atoms with van der Waals surface area (Å²) in [6.07, 6.45) is 0.317. The standard InChI is InChI=1S/C7H11N3O/c1-4-6(7(11)8-2)10-3-5(10)9-4/h5-6H,3H2,1-2H3,(H,8,11). The third-order valence-electron chi connectivity index (χ3n) is 2.20. The molecule has 3 atom stereocenters. The van der Waals surface area contributed by atoms with Crippen LogP contribution in [0.3, 0.4) is 0 Å². The van der Waals surface area contributed by atoms with Crippen LogP contribution in [-0.2, 0) is 4.79 Å². The second-order valence-corrected chi connectivity index (χ2v) is 2.96. The molecule has 0 aromatic carbocycles. The third-order valence-corrected chi connectivity index (χ3v) is 2.20. The Balaban J connectivity index is 2.15. The Labute approximate surface area is 65.3 Å². The van der Waals surface area contributed by atoms with Gasteiger partial charge in [-0.15, -0.1) is 0 Å². The second-order valence-electron chi connectivity index (χ2n) is 2.96. The van der Waals surface area contributed by atoms with E-state index in [0.29, 0.717) is 6.17 Å². The van der Waals surface area contributed by atoms with Crippen LogP contribution in [-0.4, -0.2) is 42.3 Å². The Morgan fingerprint density at radius 1 is 1.82 bits per heavy atom. The van der Waals surface area contributed by atoms with E-state index in [1.165, 1.54) is 0 Å². The quantitative estimate of drug-likeness (QED) is 0.502. The Hall–Kier alpha value is -0.900. The lowest BCUT2D eigenvalue weighted by Crippen LogP contribution is -2.40. The maximum atomic E-state index is 11.2. The van der Waals surface area contributed by atoms with E-state index in [1.54, 1.807) is 7.05 Å². The van der Waals surface area contributed by atoms with Crippen LogP contribution in [0, 0.1) is 0 Å². The van der Waals surface area contributed by atoms with Crippen LogP contribution in [0.15, 0.2) is 4.99 Å². The highest BCUT2D eigenvalue weighted by Gasteiger charge is 2.49. The highest BCUT2D eigenvalue weighted by atomic mass is 16.2. The largest absolute Gasteiger partial charge is 0.357 e. The van der Waals surface area contributed by atoms with Crippen molar-refractivity contribution in [3.63, 3.8) is 0 Å². The number of likely N-dealkylation sites (N-methyl/N-ethyl adjacent to an activating group) is 1. The van der Waals surface area contributed by atoms with Crippen molar-refractivity contribution in [3.8, 4) is 0 Å². The topological polar surface area (TPSA) is 44.5 Å². The van der Waals surface area contributed by atoms with E-state index in [4.69, 9.17) is 0 Å². The molecule has 60 valence electrons. The Bertz CT molecular complexity index is 236. The summed E-state index contributed by atoms with van der Waals surface area (Å²) in [5.41, 5.74) is 0.945. The van der Waals surface area contributed by atoms with Gasteiger partial charge in [0.1, 0.15) is 12.2 Å². The molecule has 2 rings (SSSR count). The number of nitrogens with zero attached hydrogens (tertiary/aromatic N) is 2. The molecule has 1 N–H and O–H groups in total. The van der Waals surface area contributed by atoms with Crippen LogP contribution in [0.25, 0.3) is 0 Å². The molecule has 0 aliphatic carbocycles. The molecule has 4 nitrogen and oxygen atoms in total. The van der Waals surface area contributed by atoms with E-state index in [9.17, 15) is 4.79 Å². The molecule has 2 aliphatic heterocycles. The summed E-state index contributed by atoms with van der Waals surface area (Å²) >= 11 is 0. The molecule has 11 heavy (non-hydrogen) atoms. The summed E-state index contributed by atoms with van der Waals surface area (Å²) in [5, 5.41) is 2.63. The van der Waals surface area contributed by atoms with Gasteiger partial charge >= 0.3 is 0 Å². The summed E-state index contributed by atoms with van der Waals surface area (Å²) in [5.74, 6) is 0.0613. The van der Waals surface area contributed by atoms with Crippen molar-refractivity contribution in [2.45, 2.75) is 19.1 Å². The predicted molar refractivity (Wildman–Crippen MR) is 41.5 cm³/mol. The molecule has 0 saturated carbocycles. The molecule has 0 aromatic heterocycles. The van der Waals surface area contributed by atoms with Gasteiger partial charge in [-0.2, -0.15) is 0 Å². The molecule has 2 heterocycles. The zero-order valence-electron chi connectivity index (χ0n) is 6.66. The van der Waals surface area contributed by atoms with Crippen molar-refractivity contribution >= 4 is 11.6 Å². The molecular formula is C7H11N3O. The normalized spacial score (nSPS) is 39.5. The fourth-order valence-corrected chi connectivity index (χ4v) is 1.56. The molecular weight excluding hydrogens is 142 g/mol. The van der Waals surface area contributed by atoms with Crippen LogP contribution < -0.4 is 5.32 Å². The van der Waals surface area contributed by atoms with E-state index < -0.39 is 0 Å². The zero-order valence-corrected chi connectivity index (χ0v) is 6.66. The number of hydrogen-bond acceptors (Lipinski definition) is 3. The lowest BCUT2D eigenvalue weighted by atomic mass is 10.2. The number of rotatable bonds is 1. The number of aliphatic imine (C=N–C) groups is 1. The molecule has 0 bridgehead atoms. The number of fused-ring (bicyclic) bond motifs is 1. The number of nitrogens with one attached hydrogen (secondary N) is 1. The number of hydrogen-bond donors (Lipinski definition) is 1. The van der Waals surface area contributed by atoms with E-state index in [1.807, 2.05) is 6.92 Å². The van der Waals surface area contributed by atoms with E-state index in [2.05, 4.69) is 15.2 Å². The van der Waals surface area contributed by atoms with Gasteiger partial charge in [0.2, 0.25) is 5.91 Å². The fourth-order valence-electron chi connectivity index (χ4n) is 1.56. The molecule has 0 aromatic rings. The highest BCUT2D eigenvalue weighted by Crippen LogP contribution is 2.29. The van der Waals surface area contributed by atoms with Crippen molar-refractivity contribution < 1.29 is 4.79 Å². The van der Waals surface area contributed by atoms with Gasteiger partial charge in [0, 0.05) is 19.3 Å². The number of carbonyl (C=O) groups excluding carboxylic acids is 1. The minimum Gasteiger partial charge on any atom is -0.357 e. The van der Waals surface area contributed by atoms with Crippen molar-refractivity contribution in [2.24, 2.45) is 4.99 Å². The monoisotopic (exact) mass is 153 g/mol. The van der Waals surface area contributed by atoms with Crippen LogP contribution in [0.2, 0.25) is 0 Å². The maximum Gasteiger partial charge on any atom is 0.243 e. The lowest BCUT2D eigenvalue weighted by molar-refractivity contribution is -0.122. The first-order valence-corrected chi connectivity index (χ1v) is 3.75. The second kappa shape index (κ2) is 2.04. The molecule has 1 amide bonds. The van der Waals surface area contributed by atoms with Gasteiger partial charge in [0.25, 0.3) is 0 Å². The van der Waals surface area contributed by atoms with Gasteiger partial charge in [-0.1, -0.05) is 0 Å². The van der Waals surface area contributed by atoms with E-state index >= 15 is 0 Å². The lowest BCUT2D eigenvalue weighted by Gasteiger charge is -2.10. The Kier molecular flexibility index (Phi) is 1.26. The van der Waals surface area contributed by atoms with Crippen molar-refractivity contribution in [3.05, 3.63) is 0 Å². The van der Waals surface area contributed by atoms with Gasteiger partial charge in [-0.05, 0) is 6.92 Å². The van der Waals surface area contributed by atoms with Crippen LogP contribution in [0.1, 0.15) is 6.92 Å². The fraction of sp³-hybridized carbons (Fsp3) is 0.714. The van der Waals surface area contributed by atoms with E-state index in [0.717, 1.165) is 12.3 Å². The Morgan fingerprint density at radius 3 is 3.00 bits per heavy atom. The molecule has 1 fully saturated rings. The van der Waals surface area contributed by atoms with Gasteiger partial charge < -0.3 is 5.32 Å². The number of amides is 1. The van der Waals surface area contributed by atoms with E-state index in [-0.39, 0.29) is 11.9 Å². The first-order chi connectivity index (χ1) is 5.24. The molecule has 0 spiro atoms. The average molecular weight is 153 g/mol. The molecule has 0 radical (unpaired) electrons. The smallest absolute Gasteiger partial charge is 0.243 e. The summed E-state index contributed by atoms with van der Waals surface area (Å²) in [4.78, 5) is 17.6. The van der Waals surface area contributed by atoms with Gasteiger partial charge in [-0.25, -0.2) is 0 Å². The first kappa shape index (κ1) is 6.79. The van der Waals surface area contributed by atoms with Crippen LogP contribution >= 0.6 is 0 Å². The first-order valence-electron chi connectivity index (χ1n) is 3.75. The third kappa shape index (κ3) is 0.860. The number of carbonyl (C=O) groups is 1. The summed E-state index contributed by atoms with van der Waals surface area (Å²) in [6.45, 7) is 2.86. The van der Waals surface area contributed by atoms with Gasteiger partial charge in [0.05, 0.1) is 0 Å². The minimum absolute atomic E-state index is 0.0613. The summed E-state index contributed by atoms with van der Waals surface area (Å²) < 4.78 is 0. The van der Waals surface area contributed by atoms with Crippen molar-refractivity contribution in [2.75, 3.05) is 13.6 Å². The van der Waals surface area contributed by atoms with Gasteiger partial charge in [0.15, 0.2) is 0 Å². The maximum absolute atomic E-state index is 11.2. The van der Waals surface area contributed by atoms with Crippen LogP contribution in [0.4, 0.5) is 0 Å². The molecule has 2 aliphatic rings. The predicted octanol–water partition coefficient (Wildman–Crippen LogP) is -0.783. The molecule has 3 unspecified atom stereocenters. The van der Waals surface area contributed by atoms with Crippen molar-refractivity contribution in [1.82, 2.24) is 10.2 Å². The van der Waals surface area contributed by atoms with Crippen molar-refractivity contribution in [1.29, 1.82) is 0 Å². The Morgan fingerprint density at radius 2 is 2.55 bits per heavy atom. The summed E-state index contributed by atoms with van der Waals surface area (Å²) in [7, 11) is 1.66. The molecule has 4 heteroatoms. The van der Waals surface area contributed by atoms with Crippen LogP contribution in [0.5, 0.6) is 0 Å². The average Bonchev–Trinajstić information content (AvgIpc) is 2.63. The zero-order chi connectivity index (χ0) is 8.01. The van der Waals surface area contributed by atoms with Gasteiger partial charge in [-0.3, -0.25) is 14.7 Å². The summed E-state index contributed by atoms with van der Waals surface area (Å²) in [6, 6.07) is -0.0787. The highest BCUT2D eigenvalue weighted by molar-refractivity contribution is 6.08. The molecule has 1 saturated heterocycles. The SMILES string of the molecule is CNC(=O)C1C(C)=NC2CN21.